The van der Waals surface area contributed by atoms with Crippen LogP contribution in [0.15, 0.2) is 0 Å². The fraction of sp³-hybridized carbons (Fsp3) is 0.571. The minimum Gasteiger partial charge on any atom is -0.444 e. The largest absolute Gasteiger partial charge is 0.444 e. The van der Waals surface area contributed by atoms with Gasteiger partial charge in [-0.25, -0.2) is 14.8 Å². The zero-order valence-electron chi connectivity index (χ0n) is 12.3. The molecule has 108 valence electrons. The molecule has 0 atom stereocenters. The van der Waals surface area contributed by atoms with E-state index in [1.165, 1.54) is 0 Å². The molecule has 0 unspecified atom stereocenters. The molecule has 1 aromatic heterocycles. The number of aldehydes is 1. The Kier molecular flexibility index (Phi) is 3.74. The van der Waals surface area contributed by atoms with Crippen LogP contribution in [0.2, 0.25) is 0 Å². The van der Waals surface area contributed by atoms with Crippen LogP contribution in [0.5, 0.6) is 0 Å². The SMILES string of the molecule is Cc1nc(C=O)c2c(n1)CN(C(=O)OC(C)(C)C)CC2. The lowest BCUT2D eigenvalue weighted by molar-refractivity contribution is 0.0220. The van der Waals surface area contributed by atoms with Gasteiger partial charge in [-0.2, -0.15) is 0 Å². The van der Waals surface area contributed by atoms with Gasteiger partial charge in [-0.15, -0.1) is 0 Å². The second-order valence-corrected chi connectivity index (χ2v) is 5.85. The third kappa shape index (κ3) is 3.12. The van der Waals surface area contributed by atoms with Crippen molar-refractivity contribution in [3.8, 4) is 0 Å². The summed E-state index contributed by atoms with van der Waals surface area (Å²) < 4.78 is 5.35. The Morgan fingerprint density at radius 3 is 2.65 bits per heavy atom. The Balaban J connectivity index is 2.21. The van der Waals surface area contributed by atoms with Gasteiger partial charge in [0.05, 0.1) is 12.2 Å². The number of rotatable bonds is 1. The van der Waals surface area contributed by atoms with Crippen molar-refractivity contribution < 1.29 is 14.3 Å². The van der Waals surface area contributed by atoms with Gasteiger partial charge in [0.2, 0.25) is 0 Å². The number of carbonyl (C=O) groups is 2. The van der Waals surface area contributed by atoms with Gasteiger partial charge in [0, 0.05) is 12.1 Å². The number of ether oxygens (including phenoxy) is 1. The Morgan fingerprint density at radius 2 is 2.05 bits per heavy atom. The van der Waals surface area contributed by atoms with Crippen LogP contribution in [-0.4, -0.2) is 39.4 Å². The predicted molar refractivity (Wildman–Crippen MR) is 72.5 cm³/mol. The first-order valence-corrected chi connectivity index (χ1v) is 6.59. The topological polar surface area (TPSA) is 72.4 Å². The Bertz CT molecular complexity index is 549. The summed E-state index contributed by atoms with van der Waals surface area (Å²) in [4.78, 5) is 33.2. The van der Waals surface area contributed by atoms with Crippen molar-refractivity contribution in [2.75, 3.05) is 6.54 Å². The minimum atomic E-state index is -0.521. The molecule has 2 heterocycles. The molecule has 1 amide bonds. The van der Waals surface area contributed by atoms with Gasteiger partial charge in [0.1, 0.15) is 17.1 Å². The molecular formula is C14H19N3O3. The van der Waals surface area contributed by atoms with Gasteiger partial charge in [0.15, 0.2) is 6.29 Å². The number of hydrogen-bond donors (Lipinski definition) is 0. The van der Waals surface area contributed by atoms with E-state index in [0.717, 1.165) is 17.5 Å². The highest BCUT2D eigenvalue weighted by atomic mass is 16.6. The number of carbonyl (C=O) groups excluding carboxylic acids is 2. The summed E-state index contributed by atoms with van der Waals surface area (Å²) in [7, 11) is 0. The van der Waals surface area contributed by atoms with E-state index >= 15 is 0 Å². The molecule has 1 aliphatic rings. The van der Waals surface area contributed by atoms with Gasteiger partial charge in [-0.3, -0.25) is 4.79 Å². The van der Waals surface area contributed by atoms with E-state index in [4.69, 9.17) is 4.74 Å². The lowest BCUT2D eigenvalue weighted by Gasteiger charge is -2.31. The summed E-state index contributed by atoms with van der Waals surface area (Å²) in [6.07, 6.45) is 0.964. The third-order valence-corrected chi connectivity index (χ3v) is 2.97. The highest BCUT2D eigenvalue weighted by Gasteiger charge is 2.28. The summed E-state index contributed by atoms with van der Waals surface area (Å²) in [5.74, 6) is 0.539. The summed E-state index contributed by atoms with van der Waals surface area (Å²) in [5, 5.41) is 0. The molecule has 0 radical (unpaired) electrons. The van der Waals surface area contributed by atoms with Crippen LogP contribution in [0, 0.1) is 6.92 Å². The average Bonchev–Trinajstić information content (AvgIpc) is 2.34. The standard InChI is InChI=1S/C14H19N3O3/c1-9-15-11-7-17(13(19)20-14(2,3)4)6-5-10(11)12(8-18)16-9/h8H,5-7H2,1-4H3. The molecule has 20 heavy (non-hydrogen) atoms. The van der Waals surface area contributed by atoms with E-state index in [1.807, 2.05) is 20.8 Å². The van der Waals surface area contributed by atoms with Crippen molar-refractivity contribution in [1.29, 1.82) is 0 Å². The van der Waals surface area contributed by atoms with Crippen LogP contribution in [0.3, 0.4) is 0 Å². The molecule has 2 rings (SSSR count). The zero-order chi connectivity index (χ0) is 14.9. The number of aryl methyl sites for hydroxylation is 1. The van der Waals surface area contributed by atoms with Crippen LogP contribution in [-0.2, 0) is 17.7 Å². The minimum absolute atomic E-state index is 0.355. The molecule has 1 aromatic rings. The Labute approximate surface area is 118 Å². The molecule has 0 N–H and O–H groups in total. The summed E-state index contributed by atoms with van der Waals surface area (Å²) in [6, 6.07) is 0. The second-order valence-electron chi connectivity index (χ2n) is 5.85. The number of nitrogens with zero attached hydrogens (tertiary/aromatic N) is 3. The average molecular weight is 277 g/mol. The Hall–Kier alpha value is -1.98. The van der Waals surface area contributed by atoms with E-state index in [0.29, 0.717) is 31.0 Å². The molecule has 0 aromatic carbocycles. The van der Waals surface area contributed by atoms with Gasteiger partial charge in [0.25, 0.3) is 0 Å². The predicted octanol–water partition coefficient (Wildman–Crippen LogP) is 1.89. The molecule has 6 nitrogen and oxygen atoms in total. The molecule has 0 spiro atoms. The lowest BCUT2D eigenvalue weighted by atomic mass is 10.0. The molecule has 1 aliphatic heterocycles. The molecule has 0 fully saturated rings. The van der Waals surface area contributed by atoms with E-state index in [-0.39, 0.29) is 6.09 Å². The van der Waals surface area contributed by atoms with Crippen molar-refractivity contribution >= 4 is 12.4 Å². The number of hydrogen-bond acceptors (Lipinski definition) is 5. The smallest absolute Gasteiger partial charge is 0.410 e. The summed E-state index contributed by atoms with van der Waals surface area (Å²) >= 11 is 0. The fourth-order valence-electron chi connectivity index (χ4n) is 2.17. The lowest BCUT2D eigenvalue weighted by Crippen LogP contribution is -2.40. The number of amides is 1. The number of aromatic nitrogens is 2. The van der Waals surface area contributed by atoms with Gasteiger partial charge < -0.3 is 9.64 Å². The van der Waals surface area contributed by atoms with Crippen LogP contribution in [0.1, 0.15) is 48.3 Å². The molecule has 0 saturated heterocycles. The van der Waals surface area contributed by atoms with E-state index in [2.05, 4.69) is 9.97 Å². The van der Waals surface area contributed by atoms with Gasteiger partial charge >= 0.3 is 6.09 Å². The monoisotopic (exact) mass is 277 g/mol. The van der Waals surface area contributed by atoms with E-state index in [9.17, 15) is 9.59 Å². The van der Waals surface area contributed by atoms with Crippen molar-refractivity contribution in [1.82, 2.24) is 14.9 Å². The van der Waals surface area contributed by atoms with Crippen molar-refractivity contribution in [3.63, 3.8) is 0 Å². The van der Waals surface area contributed by atoms with Crippen molar-refractivity contribution in [3.05, 3.63) is 22.8 Å². The van der Waals surface area contributed by atoms with Crippen molar-refractivity contribution in [2.45, 2.75) is 46.3 Å². The Morgan fingerprint density at radius 1 is 1.35 bits per heavy atom. The quantitative estimate of drug-likeness (QED) is 0.733. The first-order chi connectivity index (χ1) is 9.30. The maximum Gasteiger partial charge on any atom is 0.410 e. The normalized spacial score (nSPS) is 14.7. The zero-order valence-corrected chi connectivity index (χ0v) is 12.3. The first kappa shape index (κ1) is 14.4. The summed E-state index contributed by atoms with van der Waals surface area (Å²) in [5.41, 5.74) is 1.48. The van der Waals surface area contributed by atoms with Crippen LogP contribution in [0.25, 0.3) is 0 Å². The van der Waals surface area contributed by atoms with E-state index < -0.39 is 5.60 Å². The van der Waals surface area contributed by atoms with E-state index in [1.54, 1.807) is 11.8 Å². The van der Waals surface area contributed by atoms with Crippen molar-refractivity contribution in [2.24, 2.45) is 0 Å². The summed E-state index contributed by atoms with van der Waals surface area (Å²) in [6.45, 7) is 8.10. The number of fused-ring (bicyclic) bond motifs is 1. The molecule has 0 aliphatic carbocycles. The van der Waals surface area contributed by atoms with Crippen LogP contribution < -0.4 is 0 Å². The molecule has 6 heteroatoms. The van der Waals surface area contributed by atoms with Crippen LogP contribution >= 0.6 is 0 Å². The third-order valence-electron chi connectivity index (χ3n) is 2.97. The fourth-order valence-corrected chi connectivity index (χ4v) is 2.17. The first-order valence-electron chi connectivity index (χ1n) is 6.59. The molecule has 0 bridgehead atoms. The van der Waals surface area contributed by atoms with Gasteiger partial charge in [-0.1, -0.05) is 0 Å². The van der Waals surface area contributed by atoms with Crippen LogP contribution in [0.4, 0.5) is 4.79 Å². The highest BCUT2D eigenvalue weighted by molar-refractivity contribution is 5.75. The maximum atomic E-state index is 12.1. The molecule has 0 saturated carbocycles. The maximum absolute atomic E-state index is 12.1. The molecular weight excluding hydrogens is 258 g/mol. The second kappa shape index (κ2) is 5.19. The highest BCUT2D eigenvalue weighted by Crippen LogP contribution is 2.21. The van der Waals surface area contributed by atoms with Gasteiger partial charge in [-0.05, 0) is 34.1 Å².